The summed E-state index contributed by atoms with van der Waals surface area (Å²) < 4.78 is 7.63. The maximum atomic E-state index is 12.9. The second kappa shape index (κ2) is 12.1. The van der Waals surface area contributed by atoms with E-state index in [-0.39, 0.29) is 17.8 Å². The van der Waals surface area contributed by atoms with E-state index in [1.54, 1.807) is 4.90 Å². The number of ether oxygens (including phenoxy) is 1. The van der Waals surface area contributed by atoms with Gasteiger partial charge >= 0.3 is 11.8 Å². The number of rotatable bonds is 9. The third kappa shape index (κ3) is 6.34. The van der Waals surface area contributed by atoms with Gasteiger partial charge in [0.1, 0.15) is 6.61 Å². The Balaban J connectivity index is 1.13. The fourth-order valence-corrected chi connectivity index (χ4v) is 5.24. The number of aromatic amines is 1. The highest BCUT2D eigenvalue weighted by Gasteiger charge is 2.26. The normalized spacial score (nSPS) is 15.2. The van der Waals surface area contributed by atoms with Gasteiger partial charge in [-0.1, -0.05) is 72.8 Å². The van der Waals surface area contributed by atoms with E-state index in [1.165, 1.54) is 11.1 Å². The lowest BCUT2D eigenvalue weighted by Crippen LogP contribution is -2.42. The Labute approximate surface area is 223 Å². The zero-order chi connectivity index (χ0) is 26.3. The first-order valence-corrected chi connectivity index (χ1v) is 13.5. The number of hydrogen-bond acceptors (Lipinski definition) is 4. The van der Waals surface area contributed by atoms with Crippen LogP contribution >= 0.6 is 0 Å². The molecule has 7 nitrogen and oxygen atoms in total. The zero-order valence-corrected chi connectivity index (χ0v) is 22.0. The van der Waals surface area contributed by atoms with Crippen LogP contribution in [0.3, 0.4) is 0 Å². The maximum Gasteiger partial charge on any atom is 0.409 e. The fourth-order valence-electron chi connectivity index (χ4n) is 5.24. The van der Waals surface area contributed by atoms with Gasteiger partial charge in [-0.2, -0.15) is 0 Å². The summed E-state index contributed by atoms with van der Waals surface area (Å²) in [7, 11) is 0. The van der Waals surface area contributed by atoms with Crippen LogP contribution in [0, 0.1) is 5.92 Å². The van der Waals surface area contributed by atoms with Crippen molar-refractivity contribution in [2.45, 2.75) is 45.4 Å². The third-order valence-corrected chi connectivity index (χ3v) is 7.52. The number of nitrogens with zero attached hydrogens (tertiary/aromatic N) is 3. The molecule has 1 saturated heterocycles. The largest absolute Gasteiger partial charge is 0.448 e. The standard InChI is InChI=1S/C31H36N4O3/c1-24(34(20-25-10-4-2-5-11-25)21-26-12-6-3-7-13-26)23-38-31(37)33-18-16-27(17-19-33)22-35-29-15-9-8-14-28(29)32-30(35)36/h2-15,24,27H,16-23H2,1H3,(H,32,36)/t24-/m0/s1. The molecular weight excluding hydrogens is 476 g/mol. The number of benzene rings is 3. The summed E-state index contributed by atoms with van der Waals surface area (Å²) in [5, 5.41) is 0. The summed E-state index contributed by atoms with van der Waals surface area (Å²) in [6, 6.07) is 28.6. The number of imidazole rings is 1. The third-order valence-electron chi connectivity index (χ3n) is 7.52. The Bertz CT molecular complexity index is 1330. The lowest BCUT2D eigenvalue weighted by molar-refractivity contribution is 0.0553. The average molecular weight is 513 g/mol. The highest BCUT2D eigenvalue weighted by atomic mass is 16.6. The Morgan fingerprint density at radius 1 is 0.921 bits per heavy atom. The molecule has 0 aliphatic carbocycles. The first kappa shape index (κ1) is 25.8. The topological polar surface area (TPSA) is 70.6 Å². The molecule has 1 aromatic heterocycles. The fraction of sp³-hybridized carbons (Fsp3) is 0.355. The van der Waals surface area contributed by atoms with E-state index in [1.807, 2.05) is 41.0 Å². The molecule has 3 aromatic carbocycles. The quantitative estimate of drug-likeness (QED) is 0.332. The van der Waals surface area contributed by atoms with Crippen LogP contribution in [-0.4, -0.2) is 51.2 Å². The minimum absolute atomic E-state index is 0.0608. The first-order valence-electron chi connectivity index (χ1n) is 13.5. The van der Waals surface area contributed by atoms with Gasteiger partial charge in [0.15, 0.2) is 0 Å². The molecule has 0 saturated carbocycles. The van der Waals surface area contributed by atoms with Crippen LogP contribution in [0.2, 0.25) is 0 Å². The van der Waals surface area contributed by atoms with Crippen molar-refractivity contribution in [3.05, 3.63) is 107 Å². The van der Waals surface area contributed by atoms with E-state index in [2.05, 4.69) is 65.3 Å². The highest BCUT2D eigenvalue weighted by Crippen LogP contribution is 2.22. The summed E-state index contributed by atoms with van der Waals surface area (Å²) in [4.78, 5) is 32.4. The minimum Gasteiger partial charge on any atom is -0.448 e. The van der Waals surface area contributed by atoms with Crippen molar-refractivity contribution in [3.8, 4) is 0 Å². The Kier molecular flexibility index (Phi) is 8.24. The van der Waals surface area contributed by atoms with Gasteiger partial charge in [0.25, 0.3) is 0 Å². The SMILES string of the molecule is C[C@@H](COC(=O)N1CCC(Cn2c(=O)[nH]c3ccccc32)CC1)N(Cc1ccccc1)Cc1ccccc1. The smallest absolute Gasteiger partial charge is 0.409 e. The van der Waals surface area contributed by atoms with Crippen molar-refractivity contribution < 1.29 is 9.53 Å². The van der Waals surface area contributed by atoms with Gasteiger partial charge in [0, 0.05) is 38.8 Å². The molecule has 1 N–H and O–H groups in total. The van der Waals surface area contributed by atoms with Crippen LogP contribution in [0.15, 0.2) is 89.7 Å². The van der Waals surface area contributed by atoms with Crippen molar-refractivity contribution in [3.63, 3.8) is 0 Å². The van der Waals surface area contributed by atoms with Gasteiger partial charge in [0.2, 0.25) is 0 Å². The number of carbonyl (C=O) groups excluding carboxylic acids is 1. The molecule has 4 aromatic rings. The number of H-pyrrole nitrogens is 1. The Morgan fingerprint density at radius 3 is 2.13 bits per heavy atom. The van der Waals surface area contributed by atoms with Gasteiger partial charge in [-0.15, -0.1) is 0 Å². The van der Waals surface area contributed by atoms with E-state index in [9.17, 15) is 9.59 Å². The second-order valence-corrected chi connectivity index (χ2v) is 10.3. The van der Waals surface area contributed by atoms with E-state index in [4.69, 9.17) is 4.74 Å². The molecule has 5 rings (SSSR count). The number of piperidine rings is 1. The summed E-state index contributed by atoms with van der Waals surface area (Å²) in [6.45, 7) is 5.98. The molecule has 0 spiro atoms. The number of hydrogen-bond donors (Lipinski definition) is 1. The average Bonchev–Trinajstić information content (AvgIpc) is 3.27. The summed E-state index contributed by atoms with van der Waals surface area (Å²) in [5.41, 5.74) is 4.19. The monoisotopic (exact) mass is 512 g/mol. The molecule has 0 unspecified atom stereocenters. The molecule has 38 heavy (non-hydrogen) atoms. The Hall–Kier alpha value is -3.84. The van der Waals surface area contributed by atoms with Gasteiger partial charge in [-0.05, 0) is 48.9 Å². The molecule has 1 amide bonds. The zero-order valence-electron chi connectivity index (χ0n) is 22.0. The number of carbonyl (C=O) groups is 1. The number of amides is 1. The number of likely N-dealkylation sites (tertiary alicyclic amines) is 1. The number of nitrogens with one attached hydrogen (secondary N) is 1. The Morgan fingerprint density at radius 2 is 1.50 bits per heavy atom. The van der Waals surface area contributed by atoms with Crippen LogP contribution in [-0.2, 0) is 24.4 Å². The predicted molar refractivity (Wildman–Crippen MR) is 150 cm³/mol. The van der Waals surface area contributed by atoms with Gasteiger partial charge in [-0.3, -0.25) is 9.47 Å². The van der Waals surface area contributed by atoms with Crippen LogP contribution < -0.4 is 5.69 Å². The van der Waals surface area contributed by atoms with E-state index < -0.39 is 0 Å². The van der Waals surface area contributed by atoms with Crippen LogP contribution in [0.5, 0.6) is 0 Å². The second-order valence-electron chi connectivity index (χ2n) is 10.3. The molecule has 1 fully saturated rings. The van der Waals surface area contributed by atoms with Crippen molar-refractivity contribution in [1.29, 1.82) is 0 Å². The van der Waals surface area contributed by atoms with Crippen LogP contribution in [0.1, 0.15) is 30.9 Å². The van der Waals surface area contributed by atoms with Crippen LogP contribution in [0.4, 0.5) is 4.79 Å². The molecular formula is C31H36N4O3. The van der Waals surface area contributed by atoms with Crippen LogP contribution in [0.25, 0.3) is 11.0 Å². The molecule has 0 bridgehead atoms. The van der Waals surface area contributed by atoms with E-state index >= 15 is 0 Å². The van der Waals surface area contributed by atoms with Crippen molar-refractivity contribution >= 4 is 17.1 Å². The van der Waals surface area contributed by atoms with Gasteiger partial charge in [-0.25, -0.2) is 9.59 Å². The van der Waals surface area contributed by atoms with Crippen molar-refractivity contribution in [2.75, 3.05) is 19.7 Å². The number of para-hydroxylation sites is 2. The first-order chi connectivity index (χ1) is 18.6. The molecule has 1 aliphatic heterocycles. The van der Waals surface area contributed by atoms with Gasteiger partial charge in [0.05, 0.1) is 11.0 Å². The minimum atomic E-state index is -0.251. The highest BCUT2D eigenvalue weighted by molar-refractivity contribution is 5.74. The summed E-state index contributed by atoms with van der Waals surface area (Å²) >= 11 is 0. The van der Waals surface area contributed by atoms with Crippen molar-refractivity contribution in [2.24, 2.45) is 5.92 Å². The maximum absolute atomic E-state index is 12.9. The molecule has 1 atom stereocenters. The molecule has 1 aliphatic rings. The summed E-state index contributed by atoms with van der Waals surface area (Å²) in [6.07, 6.45) is 1.45. The van der Waals surface area contributed by atoms with E-state index in [0.29, 0.717) is 32.2 Å². The lowest BCUT2D eigenvalue weighted by Gasteiger charge is -2.33. The van der Waals surface area contributed by atoms with E-state index in [0.717, 1.165) is 37.0 Å². The molecule has 198 valence electrons. The molecule has 7 heteroatoms. The summed E-state index contributed by atoms with van der Waals surface area (Å²) in [5.74, 6) is 0.349. The molecule has 2 heterocycles. The molecule has 0 radical (unpaired) electrons. The lowest BCUT2D eigenvalue weighted by atomic mass is 9.97. The van der Waals surface area contributed by atoms with Crippen molar-refractivity contribution in [1.82, 2.24) is 19.4 Å². The number of aromatic nitrogens is 2. The number of fused-ring (bicyclic) bond motifs is 1. The van der Waals surface area contributed by atoms with Gasteiger partial charge < -0.3 is 14.6 Å². The predicted octanol–water partition coefficient (Wildman–Crippen LogP) is 5.27.